The molecule has 1 saturated heterocycles. The Hall–Kier alpha value is -4.37. The molecule has 11 nitrogen and oxygen atoms in total. The van der Waals surface area contributed by atoms with Crippen LogP contribution in [0.3, 0.4) is 0 Å². The maximum Gasteiger partial charge on any atom is 0.268 e. The molecule has 3 atom stereocenters. The molecule has 49 heavy (non-hydrogen) atoms. The molecular weight excluding hydrogens is 663 g/mol. The summed E-state index contributed by atoms with van der Waals surface area (Å²) >= 11 is 0. The van der Waals surface area contributed by atoms with Crippen LogP contribution in [0.2, 0.25) is 0 Å². The van der Waals surface area contributed by atoms with Gasteiger partial charge in [-0.05, 0) is 61.9 Å². The lowest BCUT2D eigenvalue weighted by Crippen LogP contribution is -2.38. The van der Waals surface area contributed by atoms with E-state index in [4.69, 9.17) is 18.9 Å². The molecule has 0 bridgehead atoms. The van der Waals surface area contributed by atoms with Crippen LogP contribution in [0.4, 0.5) is 19.0 Å². The van der Waals surface area contributed by atoms with Gasteiger partial charge in [-0.15, -0.1) is 0 Å². The summed E-state index contributed by atoms with van der Waals surface area (Å²) in [6.07, 6.45) is 6.77. The highest BCUT2D eigenvalue weighted by molar-refractivity contribution is 7.92. The molecule has 2 aromatic heterocycles. The van der Waals surface area contributed by atoms with Crippen molar-refractivity contribution in [3.63, 3.8) is 0 Å². The van der Waals surface area contributed by atoms with Crippen molar-refractivity contribution in [2.45, 2.75) is 81.1 Å². The van der Waals surface area contributed by atoms with Gasteiger partial charge in [0, 0.05) is 61.5 Å². The predicted octanol–water partition coefficient (Wildman–Crippen LogP) is 6.58. The van der Waals surface area contributed by atoms with Gasteiger partial charge >= 0.3 is 0 Å². The Morgan fingerprint density at radius 1 is 1.08 bits per heavy atom. The fourth-order valence-corrected chi connectivity index (χ4v) is 7.86. The molecule has 0 N–H and O–H groups in total. The molecule has 1 aliphatic heterocycles. The number of hydrogen-bond donors (Lipinski definition) is 0. The lowest BCUT2D eigenvalue weighted by Gasteiger charge is -2.36. The van der Waals surface area contributed by atoms with E-state index >= 15 is 4.39 Å². The first-order chi connectivity index (χ1) is 23.5. The van der Waals surface area contributed by atoms with Gasteiger partial charge in [0.2, 0.25) is 0 Å². The van der Waals surface area contributed by atoms with E-state index in [1.54, 1.807) is 36.0 Å². The number of aromatic nitrogens is 4. The molecule has 1 unspecified atom stereocenters. The first-order valence-corrected chi connectivity index (χ1v) is 17.4. The van der Waals surface area contributed by atoms with Gasteiger partial charge in [0.25, 0.3) is 15.9 Å². The second-order valence-electron chi connectivity index (χ2n) is 12.2. The van der Waals surface area contributed by atoms with Crippen molar-refractivity contribution in [1.82, 2.24) is 19.7 Å². The van der Waals surface area contributed by atoms with Crippen molar-refractivity contribution < 1.29 is 40.5 Å². The minimum absolute atomic E-state index is 0.00305. The van der Waals surface area contributed by atoms with E-state index in [1.165, 1.54) is 32.8 Å². The molecule has 3 heterocycles. The Morgan fingerprint density at radius 2 is 1.92 bits per heavy atom. The van der Waals surface area contributed by atoms with E-state index in [-0.39, 0.29) is 42.7 Å². The first-order valence-electron chi connectivity index (χ1n) is 16.0. The Balaban J connectivity index is 1.30. The van der Waals surface area contributed by atoms with Gasteiger partial charge in [-0.1, -0.05) is 0 Å². The molecule has 15 heteroatoms. The lowest BCUT2D eigenvalue weighted by molar-refractivity contribution is -0.0775. The van der Waals surface area contributed by atoms with Crippen molar-refractivity contribution >= 4 is 15.8 Å². The van der Waals surface area contributed by atoms with Gasteiger partial charge in [0.1, 0.15) is 52.4 Å². The number of sulfonamides is 1. The van der Waals surface area contributed by atoms with Crippen LogP contribution in [-0.4, -0.2) is 61.0 Å². The van der Waals surface area contributed by atoms with Crippen molar-refractivity contribution in [2.24, 2.45) is 0 Å². The van der Waals surface area contributed by atoms with Crippen molar-refractivity contribution in [2.75, 3.05) is 25.1 Å². The molecule has 0 spiro atoms. The summed E-state index contributed by atoms with van der Waals surface area (Å²) in [7, 11) is -1.66. The molecule has 1 saturated carbocycles. The molecule has 2 aromatic carbocycles. The van der Waals surface area contributed by atoms with Crippen LogP contribution in [-0.2, 0) is 21.3 Å². The normalized spacial score (nSPS) is 20.8. The van der Waals surface area contributed by atoms with Crippen molar-refractivity contribution in [3.05, 3.63) is 83.8 Å². The predicted molar refractivity (Wildman–Crippen MR) is 173 cm³/mol. The lowest BCUT2D eigenvalue weighted by atomic mass is 9.81. The summed E-state index contributed by atoms with van der Waals surface area (Å²) in [6.45, 7) is 1.91. The highest BCUT2D eigenvalue weighted by atomic mass is 32.2. The summed E-state index contributed by atoms with van der Waals surface area (Å²) in [5.41, 5.74) is 1.44. The first kappa shape index (κ1) is 34.5. The number of ether oxygens (including phenoxy) is 4. The molecule has 0 amide bonds. The Morgan fingerprint density at radius 3 is 2.63 bits per heavy atom. The highest BCUT2D eigenvalue weighted by Crippen LogP contribution is 2.44. The summed E-state index contributed by atoms with van der Waals surface area (Å²) in [6, 6.07) is 8.37. The van der Waals surface area contributed by atoms with E-state index in [0.29, 0.717) is 23.7 Å². The van der Waals surface area contributed by atoms with Crippen molar-refractivity contribution in [3.8, 4) is 17.2 Å². The Kier molecular flexibility index (Phi) is 10.0. The zero-order valence-corrected chi connectivity index (χ0v) is 28.2. The van der Waals surface area contributed by atoms with E-state index in [9.17, 15) is 17.2 Å². The summed E-state index contributed by atoms with van der Waals surface area (Å²) in [5, 5.41) is 4.45. The highest BCUT2D eigenvalue weighted by Gasteiger charge is 2.44. The van der Waals surface area contributed by atoms with Gasteiger partial charge in [0.15, 0.2) is 0 Å². The van der Waals surface area contributed by atoms with E-state index in [2.05, 4.69) is 15.1 Å². The average molecular weight is 702 g/mol. The fraction of sp³-hybridized carbons (Fsp3) is 0.441. The number of anilines is 1. The van der Waals surface area contributed by atoms with Crippen LogP contribution in [0.1, 0.15) is 67.4 Å². The van der Waals surface area contributed by atoms with E-state index < -0.39 is 45.1 Å². The molecular formula is C34H38F3N5O6S. The van der Waals surface area contributed by atoms with Crippen LogP contribution in [0, 0.1) is 12.7 Å². The van der Waals surface area contributed by atoms with Crippen LogP contribution in [0.5, 0.6) is 17.2 Å². The number of alkyl halides is 2. The van der Waals surface area contributed by atoms with Gasteiger partial charge in [-0.2, -0.15) is 5.10 Å². The number of rotatable bonds is 11. The second-order valence-corrected chi connectivity index (χ2v) is 14.1. The van der Waals surface area contributed by atoms with Gasteiger partial charge in [-0.3, -0.25) is 0 Å². The topological polar surface area (TPSA) is 118 Å². The number of nitrogens with zero attached hydrogens (tertiary/aromatic N) is 5. The second kappa shape index (κ2) is 14.2. The molecule has 6 rings (SSSR count). The smallest absolute Gasteiger partial charge is 0.268 e. The SMILES string of the molecule is COc1ccc(CN(c2ccncn2)S(=O)(=O)c2cc(C)c(O[C@H]3CC(F)(F)CC[C@@H]3c3cnn(C4CCCCO4)c3)cc2F)c(OC)c1. The molecule has 262 valence electrons. The van der Waals surface area contributed by atoms with Crippen LogP contribution < -0.4 is 18.5 Å². The van der Waals surface area contributed by atoms with Crippen LogP contribution in [0.25, 0.3) is 0 Å². The van der Waals surface area contributed by atoms with Gasteiger partial charge < -0.3 is 18.9 Å². The summed E-state index contributed by atoms with van der Waals surface area (Å²) in [5.74, 6) is -3.73. The standard InChI is InChI=1S/C34H38F3N5O6S/c1-22-14-31(49(43,44)42(32-10-12-38-21-39-32)20-23-7-8-25(45-2)15-29(23)46-3)27(35)16-28(22)48-30-17-34(36,37)11-9-26(30)24-18-40-41(19-24)33-6-4-5-13-47-33/h7-8,10,12,14-16,18-19,21,26,30,33H,4-6,9,11,13,17,20H2,1-3H3/t26-,30+,33?/m1/s1. The number of halogens is 3. The van der Waals surface area contributed by atoms with E-state index in [0.717, 1.165) is 41.3 Å². The Bertz CT molecular complexity index is 1870. The monoisotopic (exact) mass is 701 g/mol. The average Bonchev–Trinajstić information content (AvgIpc) is 3.59. The maximum absolute atomic E-state index is 16.0. The summed E-state index contributed by atoms with van der Waals surface area (Å²) < 4.78 is 99.2. The van der Waals surface area contributed by atoms with Crippen LogP contribution >= 0.6 is 0 Å². The fourth-order valence-electron chi connectivity index (χ4n) is 6.33. The van der Waals surface area contributed by atoms with Gasteiger partial charge in [0.05, 0.1) is 27.0 Å². The number of methoxy groups -OCH3 is 2. The third-order valence-corrected chi connectivity index (χ3v) is 10.7. The number of benzene rings is 2. The molecule has 1 aliphatic carbocycles. The maximum atomic E-state index is 16.0. The third-order valence-electron chi connectivity index (χ3n) is 8.98. The largest absolute Gasteiger partial charge is 0.497 e. The molecule has 2 aliphatic rings. The van der Waals surface area contributed by atoms with E-state index in [1.807, 2.05) is 6.20 Å². The zero-order chi connectivity index (χ0) is 34.8. The van der Waals surface area contributed by atoms with Crippen molar-refractivity contribution in [1.29, 1.82) is 0 Å². The minimum Gasteiger partial charge on any atom is -0.497 e. The number of hydrogen-bond acceptors (Lipinski definition) is 9. The molecule has 4 aromatic rings. The zero-order valence-electron chi connectivity index (χ0n) is 27.4. The number of aryl methyl sites for hydroxylation is 1. The molecule has 2 fully saturated rings. The minimum atomic E-state index is -4.59. The Labute approximate surface area is 283 Å². The third kappa shape index (κ3) is 7.47. The summed E-state index contributed by atoms with van der Waals surface area (Å²) in [4.78, 5) is 7.36. The molecule has 0 radical (unpaired) electrons. The van der Waals surface area contributed by atoms with Gasteiger partial charge in [-0.25, -0.2) is 40.5 Å². The van der Waals surface area contributed by atoms with Crippen LogP contribution in [0.15, 0.2) is 66.2 Å². The quantitative estimate of drug-likeness (QED) is 0.171.